The first-order valence-corrected chi connectivity index (χ1v) is 9.06. The van der Waals surface area contributed by atoms with Gasteiger partial charge in [-0.25, -0.2) is 0 Å². The number of carbonyl (C=O) groups is 2. The molecule has 2 amide bonds. The Hall–Kier alpha value is -4.20. The number of para-hydroxylation sites is 1. The van der Waals surface area contributed by atoms with Gasteiger partial charge in [0.2, 0.25) is 11.8 Å². The summed E-state index contributed by atoms with van der Waals surface area (Å²) in [6.45, 7) is 5.50. The lowest BCUT2D eigenvalue weighted by Crippen LogP contribution is -1.98. The van der Waals surface area contributed by atoms with E-state index in [4.69, 9.17) is 4.42 Å². The Kier molecular flexibility index (Phi) is 4.67. The molecule has 2 aromatic heterocycles. The van der Waals surface area contributed by atoms with E-state index < -0.39 is 11.8 Å². The summed E-state index contributed by atoms with van der Waals surface area (Å²) in [6, 6.07) is 11.5. The van der Waals surface area contributed by atoms with Crippen LogP contribution in [0.25, 0.3) is 21.7 Å². The Balaban J connectivity index is 1.62. The smallest absolute Gasteiger partial charge is 0.331 e. The zero-order chi connectivity index (χ0) is 21.4. The highest BCUT2D eigenvalue weighted by atomic mass is 16.3. The number of rotatable bonds is 4. The Bertz CT molecular complexity index is 1360. The van der Waals surface area contributed by atoms with E-state index in [1.165, 1.54) is 28.8 Å². The van der Waals surface area contributed by atoms with Crippen molar-refractivity contribution >= 4 is 33.6 Å². The molecule has 0 atom stereocenters. The molecule has 0 aliphatic rings. The summed E-state index contributed by atoms with van der Waals surface area (Å²) in [5.74, 6) is -1.86. The number of carbonyl (C=O) groups excluding carboxylic acids is 2. The summed E-state index contributed by atoms with van der Waals surface area (Å²) in [5, 5.41) is 28.9. The van der Waals surface area contributed by atoms with E-state index in [1.54, 1.807) is 19.1 Å². The fourth-order valence-corrected chi connectivity index (χ4v) is 3.32. The zero-order valence-corrected chi connectivity index (χ0v) is 16.0. The number of furan rings is 1. The molecule has 8 heteroatoms. The summed E-state index contributed by atoms with van der Waals surface area (Å²) >= 11 is 0. The minimum absolute atomic E-state index is 0.0206. The minimum Gasteiger partial charge on any atom is -0.494 e. The topological polar surface area (TPSA) is 117 Å². The highest BCUT2D eigenvalue weighted by Crippen LogP contribution is 2.36. The number of nitrogens with zero attached hydrogens (tertiary/aromatic N) is 3. The number of aromatic hydroxyl groups is 2. The predicted octanol–water partition coefficient (Wildman–Crippen LogP) is 4.73. The van der Waals surface area contributed by atoms with E-state index in [-0.39, 0.29) is 35.0 Å². The van der Waals surface area contributed by atoms with E-state index in [0.717, 1.165) is 5.39 Å². The predicted molar refractivity (Wildman–Crippen MR) is 110 cm³/mol. The normalized spacial score (nSPS) is 11.5. The molecule has 150 valence electrons. The van der Waals surface area contributed by atoms with Crippen molar-refractivity contribution in [3.63, 3.8) is 0 Å². The van der Waals surface area contributed by atoms with Crippen LogP contribution in [0, 0.1) is 6.92 Å². The molecule has 0 unspecified atom stereocenters. The van der Waals surface area contributed by atoms with E-state index in [1.807, 2.05) is 12.1 Å². The second kappa shape index (κ2) is 7.32. The first-order valence-electron chi connectivity index (χ1n) is 9.06. The molecule has 2 N–H and O–H groups in total. The number of fused-ring (bicyclic) bond motifs is 2. The van der Waals surface area contributed by atoms with Crippen LogP contribution >= 0.6 is 0 Å². The van der Waals surface area contributed by atoms with Crippen molar-refractivity contribution in [2.45, 2.75) is 13.5 Å². The van der Waals surface area contributed by atoms with Gasteiger partial charge in [0.25, 0.3) is 5.91 Å². The molecule has 0 aliphatic heterocycles. The van der Waals surface area contributed by atoms with Crippen LogP contribution in [0.3, 0.4) is 0 Å². The molecule has 4 aromatic rings. The molecule has 2 heterocycles. The van der Waals surface area contributed by atoms with Gasteiger partial charge in [-0.05, 0) is 31.2 Å². The van der Waals surface area contributed by atoms with Crippen molar-refractivity contribution < 1.29 is 24.2 Å². The monoisotopic (exact) mass is 403 g/mol. The summed E-state index contributed by atoms with van der Waals surface area (Å²) in [6.07, 6.45) is 1.52. The maximum Gasteiger partial charge on any atom is 0.331 e. The molecule has 0 saturated heterocycles. The molecule has 2 aromatic carbocycles. The van der Waals surface area contributed by atoms with Crippen LogP contribution in [0.2, 0.25) is 0 Å². The SMILES string of the molecule is C=CCn1c(O)c2ccc(C(=O)N=NC(=O)c3oc4ccccc4c3C)cc2c1O. The van der Waals surface area contributed by atoms with Gasteiger partial charge in [-0.3, -0.25) is 14.2 Å². The van der Waals surface area contributed by atoms with Crippen LogP contribution in [0.1, 0.15) is 26.5 Å². The van der Waals surface area contributed by atoms with E-state index in [9.17, 15) is 19.8 Å². The standard InChI is InChI=1S/C22H17N3O5/c1-3-10-25-21(28)15-9-8-13(11-16(15)22(25)29)19(26)23-24-20(27)18-12(2)14-6-4-5-7-17(14)30-18/h3-9,11,28-29H,1,10H2,2H3. The fourth-order valence-electron chi connectivity index (χ4n) is 3.32. The van der Waals surface area contributed by atoms with Gasteiger partial charge in [-0.2, -0.15) is 0 Å². The van der Waals surface area contributed by atoms with Crippen molar-refractivity contribution in [1.29, 1.82) is 0 Å². The molecule has 4 rings (SSSR count). The number of hydrogen-bond donors (Lipinski definition) is 2. The number of azo groups is 1. The molecule has 0 radical (unpaired) electrons. The van der Waals surface area contributed by atoms with Crippen molar-refractivity contribution in [3.05, 3.63) is 72.0 Å². The van der Waals surface area contributed by atoms with Gasteiger partial charge in [0, 0.05) is 33.8 Å². The zero-order valence-electron chi connectivity index (χ0n) is 16.0. The number of amides is 2. The second-order valence-electron chi connectivity index (χ2n) is 6.67. The molecule has 0 saturated carbocycles. The number of allylic oxidation sites excluding steroid dienone is 1. The molecule has 0 aliphatic carbocycles. The lowest BCUT2D eigenvalue weighted by Gasteiger charge is -2.01. The summed E-state index contributed by atoms with van der Waals surface area (Å²) in [7, 11) is 0. The van der Waals surface area contributed by atoms with E-state index in [2.05, 4.69) is 16.8 Å². The van der Waals surface area contributed by atoms with Crippen LogP contribution in [0.5, 0.6) is 11.8 Å². The molecular formula is C22H17N3O5. The number of benzene rings is 2. The van der Waals surface area contributed by atoms with Crippen molar-refractivity contribution in [1.82, 2.24) is 4.57 Å². The number of aryl methyl sites for hydroxylation is 1. The third-order valence-electron chi connectivity index (χ3n) is 4.84. The van der Waals surface area contributed by atoms with Gasteiger partial charge in [-0.15, -0.1) is 11.7 Å². The first-order chi connectivity index (χ1) is 14.4. The highest BCUT2D eigenvalue weighted by Gasteiger charge is 2.19. The number of aromatic nitrogens is 1. The van der Waals surface area contributed by atoms with Crippen LogP contribution in [0.15, 0.2) is 69.8 Å². The van der Waals surface area contributed by atoms with Crippen LogP contribution in [-0.2, 0) is 6.54 Å². The molecule has 8 nitrogen and oxygen atoms in total. The van der Waals surface area contributed by atoms with Gasteiger partial charge < -0.3 is 14.6 Å². The largest absolute Gasteiger partial charge is 0.494 e. The molecule has 0 bridgehead atoms. The third kappa shape index (κ3) is 3.04. The maximum atomic E-state index is 12.4. The quantitative estimate of drug-likeness (QED) is 0.377. The number of hydrogen-bond acceptors (Lipinski definition) is 5. The Morgan fingerprint density at radius 2 is 1.73 bits per heavy atom. The molecule has 30 heavy (non-hydrogen) atoms. The van der Waals surface area contributed by atoms with Gasteiger partial charge in [0.05, 0.1) is 0 Å². The maximum absolute atomic E-state index is 12.4. The van der Waals surface area contributed by atoms with Crippen molar-refractivity contribution in [2.75, 3.05) is 0 Å². The Morgan fingerprint density at radius 3 is 2.47 bits per heavy atom. The van der Waals surface area contributed by atoms with Gasteiger partial charge in [0.1, 0.15) is 5.58 Å². The van der Waals surface area contributed by atoms with Crippen molar-refractivity contribution in [3.8, 4) is 11.8 Å². The van der Waals surface area contributed by atoms with Crippen LogP contribution in [0.4, 0.5) is 0 Å². The van der Waals surface area contributed by atoms with Crippen LogP contribution in [-0.4, -0.2) is 26.6 Å². The minimum atomic E-state index is -0.769. The lowest BCUT2D eigenvalue weighted by atomic mass is 10.1. The van der Waals surface area contributed by atoms with E-state index in [0.29, 0.717) is 16.5 Å². The Labute approximate surface area is 170 Å². The third-order valence-corrected chi connectivity index (χ3v) is 4.84. The second-order valence-corrected chi connectivity index (χ2v) is 6.67. The summed E-state index contributed by atoms with van der Waals surface area (Å²) in [5.41, 5.74) is 1.27. The molecule has 0 spiro atoms. The average molecular weight is 403 g/mol. The first kappa shape index (κ1) is 19.1. The average Bonchev–Trinajstić information content (AvgIpc) is 3.22. The van der Waals surface area contributed by atoms with Gasteiger partial charge in [0.15, 0.2) is 5.76 Å². The summed E-state index contributed by atoms with van der Waals surface area (Å²) < 4.78 is 6.78. The molecule has 0 fully saturated rings. The van der Waals surface area contributed by atoms with E-state index >= 15 is 0 Å². The van der Waals surface area contributed by atoms with Crippen molar-refractivity contribution in [2.24, 2.45) is 10.2 Å². The molecular weight excluding hydrogens is 386 g/mol. The fraction of sp³-hybridized carbons (Fsp3) is 0.0909. The highest BCUT2D eigenvalue weighted by molar-refractivity contribution is 6.03. The van der Waals surface area contributed by atoms with Crippen LogP contribution < -0.4 is 0 Å². The summed E-state index contributed by atoms with van der Waals surface area (Å²) in [4.78, 5) is 24.8. The Morgan fingerprint density at radius 1 is 1.03 bits per heavy atom. The van der Waals surface area contributed by atoms with Gasteiger partial charge in [-0.1, -0.05) is 29.4 Å². The van der Waals surface area contributed by atoms with Gasteiger partial charge >= 0.3 is 5.91 Å². The lowest BCUT2D eigenvalue weighted by molar-refractivity contribution is 0.0932.